The molecule has 0 saturated carbocycles. The van der Waals surface area contributed by atoms with Crippen molar-refractivity contribution >= 4 is 8.80 Å². The van der Waals surface area contributed by atoms with E-state index in [9.17, 15) is 0 Å². The van der Waals surface area contributed by atoms with Crippen molar-refractivity contribution in [3.05, 3.63) is 11.8 Å². The van der Waals surface area contributed by atoms with Gasteiger partial charge in [-0.05, 0) is 45.4 Å². The first kappa shape index (κ1) is 15.8. The van der Waals surface area contributed by atoms with E-state index in [0.717, 1.165) is 18.0 Å². The molecule has 0 bridgehead atoms. The Hall–Kier alpha value is -0.203. The van der Waals surface area contributed by atoms with Gasteiger partial charge in [0.2, 0.25) is 0 Å². The normalized spacial score (nSPS) is 11.8. The van der Waals surface area contributed by atoms with Crippen LogP contribution in [0, 0.1) is 0 Å². The number of hydrogen-bond acceptors (Lipinski definition) is 4. The maximum absolute atomic E-state index is 5.72. The molecule has 0 unspecified atom stereocenters. The largest absolute Gasteiger partial charge is 0.532 e. The third-order valence-electron chi connectivity index (χ3n) is 2.12. The highest BCUT2D eigenvalue weighted by Gasteiger charge is 2.43. The smallest absolute Gasteiger partial charge is 0.371 e. The summed E-state index contributed by atoms with van der Waals surface area (Å²) in [6, 6.07) is 0. The van der Waals surface area contributed by atoms with Gasteiger partial charge >= 0.3 is 8.80 Å². The molecule has 0 saturated heterocycles. The van der Waals surface area contributed by atoms with Crippen LogP contribution in [0.15, 0.2) is 11.8 Å². The Bertz CT molecular complexity index is 183. The molecule has 2 N–H and O–H groups in total. The van der Waals surface area contributed by atoms with Gasteiger partial charge < -0.3 is 19.0 Å². The van der Waals surface area contributed by atoms with Crippen LogP contribution in [0.4, 0.5) is 0 Å². The summed E-state index contributed by atoms with van der Waals surface area (Å²) in [6.45, 7) is 12.3. The Morgan fingerprint density at radius 1 is 1.06 bits per heavy atom. The average Bonchev–Trinajstić information content (AvgIpc) is 2.26. The van der Waals surface area contributed by atoms with E-state index in [4.69, 9.17) is 19.0 Å². The molecule has 96 valence electrons. The van der Waals surface area contributed by atoms with Crippen LogP contribution in [-0.4, -0.2) is 35.2 Å². The Balaban J connectivity index is 4.62. The van der Waals surface area contributed by atoms with Crippen LogP contribution in [-0.2, 0) is 13.3 Å². The molecule has 0 aromatic carbocycles. The van der Waals surface area contributed by atoms with Crippen molar-refractivity contribution in [1.82, 2.24) is 0 Å². The third-order valence-corrected chi connectivity index (χ3v) is 5.24. The maximum atomic E-state index is 5.72. The summed E-state index contributed by atoms with van der Waals surface area (Å²) in [5, 5.41) is 0.934. The minimum atomic E-state index is -2.69. The minimum Gasteiger partial charge on any atom is -0.371 e. The molecular formula is C11H25NO3Si. The highest BCUT2D eigenvalue weighted by molar-refractivity contribution is 6.68. The zero-order valence-corrected chi connectivity index (χ0v) is 11.8. The molecule has 0 aromatic heterocycles. The van der Waals surface area contributed by atoms with E-state index in [1.807, 2.05) is 20.8 Å². The van der Waals surface area contributed by atoms with Crippen LogP contribution in [0.1, 0.15) is 33.6 Å². The fraction of sp³-hybridized carbons (Fsp3) is 0.818. The number of allylic oxidation sites excluding steroid dienone is 1. The standard InChI is InChI=1S/C11H25NO3Si/c1-5-13-16(14-6-2,15-7-3)11(4)9-8-10-12/h4-10,12H2,1-3H3. The second-order valence-electron chi connectivity index (χ2n) is 3.35. The van der Waals surface area contributed by atoms with Crippen LogP contribution in [0.2, 0.25) is 0 Å². The van der Waals surface area contributed by atoms with Gasteiger partial charge in [-0.25, -0.2) is 0 Å². The lowest BCUT2D eigenvalue weighted by Gasteiger charge is -2.30. The number of hydrogen-bond donors (Lipinski definition) is 1. The molecule has 0 aliphatic heterocycles. The molecular weight excluding hydrogens is 222 g/mol. The highest BCUT2D eigenvalue weighted by Crippen LogP contribution is 2.22. The summed E-state index contributed by atoms with van der Waals surface area (Å²) in [5.74, 6) is 0. The van der Waals surface area contributed by atoms with Gasteiger partial charge in [-0.1, -0.05) is 6.58 Å². The monoisotopic (exact) mass is 247 g/mol. The summed E-state index contributed by atoms with van der Waals surface area (Å²) < 4.78 is 17.2. The topological polar surface area (TPSA) is 53.7 Å². The van der Waals surface area contributed by atoms with Gasteiger partial charge in [0, 0.05) is 19.8 Å². The first-order valence-electron chi connectivity index (χ1n) is 5.97. The molecule has 0 heterocycles. The highest BCUT2D eigenvalue weighted by atomic mass is 28.4. The minimum absolute atomic E-state index is 0.577. The summed E-state index contributed by atoms with van der Waals surface area (Å²) in [6.07, 6.45) is 1.70. The van der Waals surface area contributed by atoms with E-state index in [-0.39, 0.29) is 0 Å². The van der Waals surface area contributed by atoms with Crippen molar-refractivity contribution in [2.24, 2.45) is 5.73 Å². The van der Waals surface area contributed by atoms with E-state index in [1.165, 1.54) is 0 Å². The zero-order valence-electron chi connectivity index (χ0n) is 10.8. The molecule has 5 heteroatoms. The maximum Gasteiger partial charge on any atom is 0.532 e. The molecule has 0 aromatic rings. The fourth-order valence-electron chi connectivity index (χ4n) is 1.47. The predicted molar refractivity (Wildman–Crippen MR) is 68.1 cm³/mol. The van der Waals surface area contributed by atoms with Crippen LogP contribution in [0.5, 0.6) is 0 Å². The van der Waals surface area contributed by atoms with Crippen molar-refractivity contribution in [3.63, 3.8) is 0 Å². The van der Waals surface area contributed by atoms with Crippen molar-refractivity contribution < 1.29 is 13.3 Å². The molecule has 16 heavy (non-hydrogen) atoms. The fourth-order valence-corrected chi connectivity index (χ4v) is 3.96. The zero-order chi connectivity index (χ0) is 12.4. The van der Waals surface area contributed by atoms with E-state index < -0.39 is 8.80 Å². The van der Waals surface area contributed by atoms with Crippen molar-refractivity contribution in [2.45, 2.75) is 33.6 Å². The predicted octanol–water partition coefficient (Wildman–Crippen LogP) is 1.87. The molecule has 0 rings (SSSR count). The first-order chi connectivity index (χ1) is 7.66. The van der Waals surface area contributed by atoms with Gasteiger partial charge in [-0.2, -0.15) is 0 Å². The average molecular weight is 247 g/mol. The van der Waals surface area contributed by atoms with Gasteiger partial charge in [-0.3, -0.25) is 0 Å². The Morgan fingerprint density at radius 2 is 1.50 bits per heavy atom. The molecule has 0 spiro atoms. The van der Waals surface area contributed by atoms with Gasteiger partial charge in [0.25, 0.3) is 0 Å². The van der Waals surface area contributed by atoms with E-state index >= 15 is 0 Å². The van der Waals surface area contributed by atoms with Crippen LogP contribution in [0.25, 0.3) is 0 Å². The summed E-state index contributed by atoms with van der Waals surface area (Å²) in [4.78, 5) is 0. The van der Waals surface area contributed by atoms with Crippen molar-refractivity contribution in [2.75, 3.05) is 26.4 Å². The molecule has 0 aliphatic carbocycles. The summed E-state index contributed by atoms with van der Waals surface area (Å²) >= 11 is 0. The first-order valence-corrected chi connectivity index (χ1v) is 7.69. The lowest BCUT2D eigenvalue weighted by molar-refractivity contribution is 0.0799. The Morgan fingerprint density at radius 3 is 1.81 bits per heavy atom. The molecule has 4 nitrogen and oxygen atoms in total. The summed E-state index contributed by atoms with van der Waals surface area (Å²) in [5.41, 5.74) is 5.49. The SMILES string of the molecule is C=C(CCCN)[Si](OCC)(OCC)OCC. The van der Waals surface area contributed by atoms with Crippen LogP contribution in [0.3, 0.4) is 0 Å². The molecule has 0 radical (unpaired) electrons. The Labute approximate surface area is 100 Å². The second kappa shape index (κ2) is 8.89. The van der Waals surface area contributed by atoms with E-state index in [1.54, 1.807) is 0 Å². The van der Waals surface area contributed by atoms with Crippen molar-refractivity contribution in [3.8, 4) is 0 Å². The molecule has 0 atom stereocenters. The second-order valence-corrected chi connectivity index (χ2v) is 6.04. The lowest BCUT2D eigenvalue weighted by Crippen LogP contribution is -2.48. The molecule has 0 aliphatic rings. The quantitative estimate of drug-likeness (QED) is 0.599. The Kier molecular flexibility index (Phi) is 8.78. The lowest BCUT2D eigenvalue weighted by atomic mass is 10.3. The van der Waals surface area contributed by atoms with Gasteiger partial charge in [-0.15, -0.1) is 0 Å². The van der Waals surface area contributed by atoms with Crippen LogP contribution >= 0.6 is 0 Å². The number of nitrogens with two attached hydrogens (primary N) is 1. The molecule has 0 fully saturated rings. The van der Waals surface area contributed by atoms with Gasteiger partial charge in [0.15, 0.2) is 0 Å². The van der Waals surface area contributed by atoms with Crippen LogP contribution < -0.4 is 5.73 Å². The third kappa shape index (κ3) is 4.76. The molecule has 0 amide bonds. The van der Waals surface area contributed by atoms with Gasteiger partial charge in [0.05, 0.1) is 0 Å². The van der Waals surface area contributed by atoms with Crippen molar-refractivity contribution in [1.29, 1.82) is 0 Å². The van der Waals surface area contributed by atoms with E-state index in [0.29, 0.717) is 26.4 Å². The van der Waals surface area contributed by atoms with E-state index in [2.05, 4.69) is 6.58 Å². The van der Waals surface area contributed by atoms with Gasteiger partial charge in [0.1, 0.15) is 0 Å². The summed E-state index contributed by atoms with van der Waals surface area (Å²) in [7, 11) is -2.69. The number of rotatable bonds is 10.